The van der Waals surface area contributed by atoms with Gasteiger partial charge in [-0.15, -0.1) is 0 Å². The molecule has 3 amide bonds. The Hall–Kier alpha value is -2.74. The highest BCUT2D eigenvalue weighted by molar-refractivity contribution is 7.91. The van der Waals surface area contributed by atoms with Crippen LogP contribution in [0.1, 0.15) is 64.7 Å². The van der Waals surface area contributed by atoms with Crippen LogP contribution in [0.15, 0.2) is 12.2 Å². The van der Waals surface area contributed by atoms with Crippen LogP contribution >= 0.6 is 12.2 Å². The Morgan fingerprint density at radius 1 is 1.21 bits per heavy atom. The highest BCUT2D eigenvalue weighted by Crippen LogP contribution is 2.46. The highest BCUT2D eigenvalue weighted by Gasteiger charge is 2.62. The zero-order valence-corrected chi connectivity index (χ0v) is 22.9. The molecule has 0 aromatic heterocycles. The van der Waals surface area contributed by atoms with E-state index in [0.717, 1.165) is 19.3 Å². The number of allylic oxidation sites excluding steroid dienone is 1. The first kappa shape index (κ1) is 28.3. The molecule has 12 nitrogen and oxygen atoms in total. The second kappa shape index (κ2) is 11.2. The molecule has 4 rings (SSSR count). The van der Waals surface area contributed by atoms with Crippen LogP contribution in [0, 0.1) is 5.92 Å². The third kappa shape index (κ3) is 6.45. The van der Waals surface area contributed by atoms with Crippen LogP contribution < -0.4 is 21.1 Å². The Bertz CT molecular complexity index is 1140. The lowest BCUT2D eigenvalue weighted by Crippen LogP contribution is -2.58. The molecular formula is C24H35N5O7S2. The number of thiocarbonyl (C=S) groups is 1. The topological polar surface area (TPSA) is 177 Å². The fraction of sp³-hybridized carbons (Fsp3) is 0.708. The summed E-state index contributed by atoms with van der Waals surface area (Å²) < 4.78 is 32.5. The van der Waals surface area contributed by atoms with Crippen molar-refractivity contribution in [2.75, 3.05) is 6.54 Å². The number of esters is 1. The number of rotatable bonds is 5. The molecule has 0 spiro atoms. The molecule has 0 bridgehead atoms. The molecule has 38 heavy (non-hydrogen) atoms. The minimum atomic E-state index is -3.83. The molecule has 14 heteroatoms. The van der Waals surface area contributed by atoms with Gasteiger partial charge in [-0.05, 0) is 50.7 Å². The van der Waals surface area contributed by atoms with E-state index < -0.39 is 62.7 Å². The smallest absolute Gasteiger partial charge is 0.302 e. The normalized spacial score (nSPS) is 32.9. The first-order valence-corrected chi connectivity index (χ1v) is 15.0. The number of nitrogens with two attached hydrogens (primary N) is 1. The summed E-state index contributed by atoms with van der Waals surface area (Å²) >= 11 is 4.97. The molecule has 0 aromatic carbocycles. The van der Waals surface area contributed by atoms with E-state index in [-0.39, 0.29) is 30.4 Å². The van der Waals surface area contributed by atoms with Gasteiger partial charge in [0.05, 0.1) is 11.8 Å². The highest BCUT2D eigenvalue weighted by atomic mass is 32.2. The minimum absolute atomic E-state index is 0.00933. The second-order valence-electron chi connectivity index (χ2n) is 10.5. The van der Waals surface area contributed by atoms with Gasteiger partial charge in [0.15, 0.2) is 5.11 Å². The minimum Gasteiger partial charge on any atom is -0.461 e. The molecule has 0 aromatic rings. The Kier molecular flexibility index (Phi) is 8.31. The van der Waals surface area contributed by atoms with E-state index in [1.54, 1.807) is 0 Å². The number of nitrogens with zero attached hydrogens (tertiary/aromatic N) is 1. The first-order valence-electron chi connectivity index (χ1n) is 13.0. The monoisotopic (exact) mass is 569 g/mol. The predicted octanol–water partition coefficient (Wildman–Crippen LogP) is -0.276. The van der Waals surface area contributed by atoms with Gasteiger partial charge in [-0.3, -0.25) is 23.9 Å². The Morgan fingerprint density at radius 3 is 2.61 bits per heavy atom. The number of amides is 3. The van der Waals surface area contributed by atoms with Crippen molar-refractivity contribution < 1.29 is 32.3 Å². The summed E-state index contributed by atoms with van der Waals surface area (Å²) in [5.41, 5.74) is 4.23. The van der Waals surface area contributed by atoms with Crippen LogP contribution in [0.2, 0.25) is 0 Å². The summed E-state index contributed by atoms with van der Waals surface area (Å²) in [7, 11) is -3.83. The van der Waals surface area contributed by atoms with E-state index >= 15 is 0 Å². The van der Waals surface area contributed by atoms with Crippen LogP contribution in [-0.4, -0.2) is 77.6 Å². The Morgan fingerprint density at radius 2 is 1.95 bits per heavy atom. The van der Waals surface area contributed by atoms with Gasteiger partial charge >= 0.3 is 5.97 Å². The molecular weight excluding hydrogens is 534 g/mol. The van der Waals surface area contributed by atoms with Crippen LogP contribution in [0.5, 0.6) is 0 Å². The quantitative estimate of drug-likeness (QED) is 0.196. The molecule has 0 radical (unpaired) electrons. The summed E-state index contributed by atoms with van der Waals surface area (Å²) in [5.74, 6) is -2.74. The van der Waals surface area contributed by atoms with Crippen molar-refractivity contribution in [2.45, 2.75) is 93.7 Å². The van der Waals surface area contributed by atoms with E-state index in [9.17, 15) is 27.6 Å². The molecule has 5 N–H and O–H groups in total. The van der Waals surface area contributed by atoms with E-state index in [4.69, 9.17) is 22.7 Å². The van der Waals surface area contributed by atoms with Gasteiger partial charge in [-0.25, -0.2) is 8.42 Å². The van der Waals surface area contributed by atoms with Crippen LogP contribution in [-0.2, 0) is 33.9 Å². The van der Waals surface area contributed by atoms with Gasteiger partial charge in [-0.1, -0.05) is 25.0 Å². The van der Waals surface area contributed by atoms with Gasteiger partial charge in [0.1, 0.15) is 23.7 Å². The third-order valence-corrected chi connectivity index (χ3v) is 9.43. The lowest BCUT2D eigenvalue weighted by molar-refractivity contribution is -0.146. The van der Waals surface area contributed by atoms with Crippen molar-refractivity contribution in [2.24, 2.45) is 11.7 Å². The average molecular weight is 570 g/mol. The second-order valence-corrected chi connectivity index (χ2v) is 12.9. The van der Waals surface area contributed by atoms with Gasteiger partial charge in [0.25, 0.3) is 5.91 Å². The van der Waals surface area contributed by atoms with Gasteiger partial charge in [-0.2, -0.15) is 0 Å². The summed E-state index contributed by atoms with van der Waals surface area (Å²) in [6.45, 7) is 1.24. The van der Waals surface area contributed by atoms with E-state index in [2.05, 4.69) is 15.4 Å². The molecule has 2 aliphatic heterocycles. The SMILES string of the molecule is CC(=O)O[C@@H]1C[C@H]2C(=O)N[C@]3(C(=O)NS(=O)(=O)C4CC4)C[C@@H]3/C=C\CCCCC[C@H](NC(N)=S)C(=O)N2C1. The lowest BCUT2D eigenvalue weighted by atomic mass is 10.1. The maximum absolute atomic E-state index is 13.6. The Balaban J connectivity index is 1.62. The molecule has 3 fully saturated rings. The molecule has 2 saturated carbocycles. The van der Waals surface area contributed by atoms with Crippen LogP contribution in [0.4, 0.5) is 0 Å². The fourth-order valence-corrected chi connectivity index (χ4v) is 6.76. The summed E-state index contributed by atoms with van der Waals surface area (Å²) in [6.07, 6.45) is 7.90. The number of carbonyl (C=O) groups excluding carboxylic acids is 4. The standard InChI is InChI=1S/C24H35N5O7S2/c1-14(30)36-16-11-19-20(31)27-24(22(33)28-38(34,35)17-9-10-17)12-15(24)7-5-3-2-4-6-8-18(26-23(25)37)21(32)29(19)13-16/h5,7,15-19H,2-4,6,8-13H2,1H3,(H,27,31)(H,28,33)(H3,25,26,37)/b7-5-/t15-,16+,18-,19-,24+/m0/s1. The molecule has 210 valence electrons. The van der Waals surface area contributed by atoms with Crippen LogP contribution in [0.3, 0.4) is 0 Å². The third-order valence-electron chi connectivity index (χ3n) is 7.49. The van der Waals surface area contributed by atoms with E-state index in [1.807, 2.05) is 12.2 Å². The van der Waals surface area contributed by atoms with Crippen molar-refractivity contribution in [3.05, 3.63) is 12.2 Å². The van der Waals surface area contributed by atoms with Crippen molar-refractivity contribution >= 4 is 51.0 Å². The van der Waals surface area contributed by atoms with Crippen molar-refractivity contribution in [1.82, 2.24) is 20.3 Å². The molecule has 4 aliphatic rings. The lowest BCUT2D eigenvalue weighted by Gasteiger charge is -2.30. The van der Waals surface area contributed by atoms with Crippen molar-refractivity contribution in [3.8, 4) is 0 Å². The first-order chi connectivity index (χ1) is 17.9. The van der Waals surface area contributed by atoms with Crippen molar-refractivity contribution in [3.63, 3.8) is 0 Å². The maximum atomic E-state index is 13.6. The van der Waals surface area contributed by atoms with Gasteiger partial charge < -0.3 is 26.0 Å². The molecule has 0 unspecified atom stereocenters. The molecule has 5 atom stereocenters. The summed E-state index contributed by atoms with van der Waals surface area (Å²) in [5, 5.41) is 4.95. The van der Waals surface area contributed by atoms with Crippen LogP contribution in [0.25, 0.3) is 0 Å². The van der Waals surface area contributed by atoms with E-state index in [1.165, 1.54) is 11.8 Å². The summed E-state index contributed by atoms with van der Waals surface area (Å²) in [6, 6.07) is -1.81. The maximum Gasteiger partial charge on any atom is 0.302 e. The largest absolute Gasteiger partial charge is 0.461 e. The van der Waals surface area contributed by atoms with Crippen molar-refractivity contribution in [1.29, 1.82) is 0 Å². The predicted molar refractivity (Wildman–Crippen MR) is 141 cm³/mol. The summed E-state index contributed by atoms with van der Waals surface area (Å²) in [4.78, 5) is 53.5. The molecule has 2 aliphatic carbocycles. The zero-order chi connectivity index (χ0) is 27.7. The number of ether oxygens (including phenoxy) is 1. The average Bonchev–Trinajstić information content (AvgIpc) is 3.74. The number of fused-ring (bicyclic) bond motifs is 2. The van der Waals surface area contributed by atoms with Gasteiger partial charge in [0.2, 0.25) is 21.8 Å². The van der Waals surface area contributed by atoms with Gasteiger partial charge in [0, 0.05) is 19.3 Å². The molecule has 2 heterocycles. The number of sulfonamides is 1. The zero-order valence-electron chi connectivity index (χ0n) is 21.3. The number of hydrogen-bond donors (Lipinski definition) is 4. The number of carbonyl (C=O) groups is 4. The van der Waals surface area contributed by atoms with E-state index in [0.29, 0.717) is 25.7 Å². The molecule has 1 saturated heterocycles. The fourth-order valence-electron chi connectivity index (χ4n) is 5.25. The number of nitrogens with one attached hydrogen (secondary N) is 3. The Labute approximate surface area is 227 Å². The number of hydrogen-bond acceptors (Lipinski definition) is 8.